The fourth-order valence-electron chi connectivity index (χ4n) is 9.48. The molecular formula is C72H128NO8+. The third-order valence-electron chi connectivity index (χ3n) is 14.6. The highest BCUT2D eigenvalue weighted by atomic mass is 16.7. The number of hydrogen-bond donors (Lipinski definition) is 1. The van der Waals surface area contributed by atoms with E-state index in [0.717, 1.165) is 89.9 Å². The summed E-state index contributed by atoms with van der Waals surface area (Å²) >= 11 is 0. The molecule has 0 aromatic carbocycles. The first-order valence-electron chi connectivity index (χ1n) is 33.8. The van der Waals surface area contributed by atoms with Crippen molar-refractivity contribution in [2.24, 2.45) is 0 Å². The van der Waals surface area contributed by atoms with Crippen LogP contribution in [-0.4, -0.2) is 87.4 Å². The van der Waals surface area contributed by atoms with Crippen molar-refractivity contribution in [1.82, 2.24) is 0 Å². The van der Waals surface area contributed by atoms with Crippen molar-refractivity contribution in [3.8, 4) is 0 Å². The zero-order valence-electron chi connectivity index (χ0n) is 53.4. The lowest BCUT2D eigenvalue weighted by atomic mass is 10.0. The Morgan fingerprint density at radius 1 is 0.383 bits per heavy atom. The summed E-state index contributed by atoms with van der Waals surface area (Å²) in [5.74, 6) is -2.00. The van der Waals surface area contributed by atoms with Gasteiger partial charge < -0.3 is 28.5 Å². The van der Waals surface area contributed by atoms with Gasteiger partial charge in [0, 0.05) is 12.8 Å². The molecule has 81 heavy (non-hydrogen) atoms. The van der Waals surface area contributed by atoms with E-state index in [1.807, 2.05) is 21.1 Å². The predicted octanol–water partition coefficient (Wildman–Crippen LogP) is 20.7. The van der Waals surface area contributed by atoms with Gasteiger partial charge in [0.15, 0.2) is 6.10 Å². The Kier molecular flexibility index (Phi) is 59.8. The van der Waals surface area contributed by atoms with E-state index in [1.165, 1.54) is 180 Å². The fourth-order valence-corrected chi connectivity index (χ4v) is 9.48. The van der Waals surface area contributed by atoms with Crippen LogP contribution < -0.4 is 0 Å². The van der Waals surface area contributed by atoms with Crippen LogP contribution in [0, 0.1) is 0 Å². The second-order valence-corrected chi connectivity index (χ2v) is 23.7. The minimum absolute atomic E-state index is 0.185. The molecule has 9 nitrogen and oxygen atoms in total. The molecule has 0 heterocycles. The molecule has 1 N–H and O–H groups in total. The molecule has 0 aliphatic carbocycles. The molecule has 0 aliphatic rings. The number of quaternary nitrogens is 1. The van der Waals surface area contributed by atoms with Gasteiger partial charge in [-0.15, -0.1) is 0 Å². The minimum Gasteiger partial charge on any atom is -0.477 e. The smallest absolute Gasteiger partial charge is 0.361 e. The number of rotatable bonds is 62. The number of aliphatic carboxylic acids is 1. The lowest BCUT2D eigenvalue weighted by Gasteiger charge is -2.25. The molecule has 9 heteroatoms. The van der Waals surface area contributed by atoms with E-state index in [9.17, 15) is 19.5 Å². The molecule has 0 aliphatic heterocycles. The maximum absolute atomic E-state index is 12.9. The van der Waals surface area contributed by atoms with Crippen LogP contribution in [0.5, 0.6) is 0 Å². The number of carbonyl (C=O) groups excluding carboxylic acids is 2. The second kappa shape index (κ2) is 62.5. The monoisotopic (exact) mass is 1130 g/mol. The fraction of sp³-hybridized carbons (Fsp3) is 0.764. The van der Waals surface area contributed by atoms with Gasteiger partial charge in [0.2, 0.25) is 0 Å². The SMILES string of the molecule is CC/C=C\C/C=C\C/C=C\C/C=C\CCCCCCCCCCCCCCCCCCCCCCC(=O)OC(COC(=O)CCCCCCCCCC/C=C\C/C=C\C/C=C\CCCCCCC)COC(OCC[N+](C)(C)C)C(=O)O. The standard InChI is InChI=1S/C72H127NO8/c1-6-8-10-12-14-16-18-20-22-24-26-28-30-31-32-33-34-35-36-37-38-39-41-43-45-47-49-51-53-55-57-59-61-63-70(75)81-68(67-80-72(71(76)77)78-65-64-73(3,4)5)66-79-69(74)62-60-58-56-54-52-50-48-46-44-42-40-29-27-25-23-21-19-17-15-13-11-9-7-2/h8,10,14,16,19-22,25-28,40,42,68,72H,6-7,9,11-13,15,17-18,23-24,29-39,41,43-67H2,1-5H3/p+1/b10-8-,16-14-,21-19-,22-20-,27-25-,28-26-,42-40-. The maximum Gasteiger partial charge on any atom is 0.361 e. The number of carbonyl (C=O) groups is 3. The van der Waals surface area contributed by atoms with Crippen molar-refractivity contribution in [2.75, 3.05) is 47.5 Å². The summed E-state index contributed by atoms with van der Waals surface area (Å²) in [5, 5.41) is 9.74. The number of likely N-dealkylation sites (N-methyl/N-ethyl adjacent to an activating group) is 1. The van der Waals surface area contributed by atoms with Crippen LogP contribution in [0.3, 0.4) is 0 Å². The number of nitrogens with zero attached hydrogens (tertiary/aromatic N) is 1. The molecule has 0 rings (SSSR count). The Hall–Kier alpha value is -3.53. The summed E-state index contributed by atoms with van der Waals surface area (Å²) < 4.78 is 23.0. The molecule has 0 saturated heterocycles. The number of esters is 2. The van der Waals surface area contributed by atoms with Gasteiger partial charge in [0.1, 0.15) is 13.2 Å². The van der Waals surface area contributed by atoms with Crippen LogP contribution in [0.15, 0.2) is 85.1 Å². The zero-order valence-corrected chi connectivity index (χ0v) is 53.4. The molecule has 468 valence electrons. The normalized spacial score (nSPS) is 13.2. The summed E-state index contributed by atoms with van der Waals surface area (Å²) in [6.45, 7) is 4.77. The van der Waals surface area contributed by atoms with E-state index in [1.54, 1.807) is 0 Å². The third kappa shape index (κ3) is 63.9. The van der Waals surface area contributed by atoms with Crippen molar-refractivity contribution >= 4 is 17.9 Å². The minimum atomic E-state index is -1.51. The average Bonchev–Trinajstić information content (AvgIpc) is 3.44. The number of unbranched alkanes of at least 4 members (excludes halogenated alkanes) is 33. The van der Waals surface area contributed by atoms with Crippen LogP contribution >= 0.6 is 0 Å². The van der Waals surface area contributed by atoms with Gasteiger partial charge in [0.05, 0.1) is 34.4 Å². The van der Waals surface area contributed by atoms with Crippen LogP contribution in [0.1, 0.15) is 296 Å². The largest absolute Gasteiger partial charge is 0.477 e. The van der Waals surface area contributed by atoms with Crippen LogP contribution in [0.2, 0.25) is 0 Å². The van der Waals surface area contributed by atoms with Gasteiger partial charge in [-0.3, -0.25) is 9.59 Å². The molecule has 0 amide bonds. The van der Waals surface area contributed by atoms with Crippen LogP contribution in [0.4, 0.5) is 0 Å². The summed E-state index contributed by atoms with van der Waals surface area (Å²) in [7, 11) is 5.98. The van der Waals surface area contributed by atoms with Gasteiger partial charge in [0.25, 0.3) is 6.29 Å². The molecule has 0 radical (unpaired) electrons. The number of carboxylic acids is 1. The van der Waals surface area contributed by atoms with E-state index in [-0.39, 0.29) is 32.2 Å². The Morgan fingerprint density at radius 2 is 0.704 bits per heavy atom. The van der Waals surface area contributed by atoms with E-state index in [2.05, 4.69) is 98.9 Å². The van der Waals surface area contributed by atoms with Gasteiger partial charge in [-0.2, -0.15) is 0 Å². The maximum atomic E-state index is 12.9. The van der Waals surface area contributed by atoms with Crippen molar-refractivity contribution in [2.45, 2.75) is 309 Å². The molecule has 0 aromatic heterocycles. The van der Waals surface area contributed by atoms with E-state index in [0.29, 0.717) is 17.4 Å². The number of allylic oxidation sites excluding steroid dienone is 14. The lowest BCUT2D eigenvalue weighted by molar-refractivity contribution is -0.870. The Bertz CT molecular complexity index is 1600. The summed E-state index contributed by atoms with van der Waals surface area (Å²) in [6.07, 6.45) is 81.1. The van der Waals surface area contributed by atoms with Crippen molar-refractivity contribution in [3.63, 3.8) is 0 Å². The average molecular weight is 1140 g/mol. The first-order valence-corrected chi connectivity index (χ1v) is 33.8. The van der Waals surface area contributed by atoms with Gasteiger partial charge in [-0.1, -0.05) is 279 Å². The van der Waals surface area contributed by atoms with E-state index in [4.69, 9.17) is 18.9 Å². The first-order chi connectivity index (χ1) is 39.6. The van der Waals surface area contributed by atoms with Crippen LogP contribution in [0.25, 0.3) is 0 Å². The quantitative estimate of drug-likeness (QED) is 0.0211. The van der Waals surface area contributed by atoms with Crippen molar-refractivity contribution in [1.29, 1.82) is 0 Å². The molecule has 2 atom stereocenters. The van der Waals surface area contributed by atoms with Crippen LogP contribution in [-0.2, 0) is 33.3 Å². The van der Waals surface area contributed by atoms with Gasteiger partial charge in [-0.25, -0.2) is 4.79 Å². The highest BCUT2D eigenvalue weighted by molar-refractivity contribution is 5.71. The summed E-state index contributed by atoms with van der Waals surface area (Å²) in [4.78, 5) is 37.6. The molecule has 2 unspecified atom stereocenters. The van der Waals surface area contributed by atoms with Crippen molar-refractivity contribution < 1.29 is 42.9 Å². The second-order valence-electron chi connectivity index (χ2n) is 23.7. The number of hydrogen-bond acceptors (Lipinski definition) is 7. The summed E-state index contributed by atoms with van der Waals surface area (Å²) in [6, 6.07) is 0. The Morgan fingerprint density at radius 3 is 1.05 bits per heavy atom. The topological polar surface area (TPSA) is 108 Å². The zero-order chi connectivity index (χ0) is 59.1. The number of ether oxygens (including phenoxy) is 4. The first kappa shape index (κ1) is 77.5. The lowest BCUT2D eigenvalue weighted by Crippen LogP contribution is -2.40. The molecule has 0 spiro atoms. The summed E-state index contributed by atoms with van der Waals surface area (Å²) in [5.41, 5.74) is 0. The van der Waals surface area contributed by atoms with E-state index >= 15 is 0 Å². The van der Waals surface area contributed by atoms with Gasteiger partial charge in [-0.05, 0) is 89.9 Å². The van der Waals surface area contributed by atoms with Gasteiger partial charge >= 0.3 is 17.9 Å². The molecule has 0 aromatic rings. The third-order valence-corrected chi connectivity index (χ3v) is 14.6. The predicted molar refractivity (Wildman–Crippen MR) is 346 cm³/mol. The van der Waals surface area contributed by atoms with Crippen molar-refractivity contribution in [3.05, 3.63) is 85.1 Å². The molecule has 0 bridgehead atoms. The Labute approximate surface area is 500 Å². The number of carboxylic acid groups (broad SMARTS) is 1. The highest BCUT2D eigenvalue weighted by Crippen LogP contribution is 2.17. The molecule has 0 saturated carbocycles. The van der Waals surface area contributed by atoms with E-state index < -0.39 is 24.3 Å². The molecular weight excluding hydrogens is 1010 g/mol. The molecule has 0 fully saturated rings. The highest BCUT2D eigenvalue weighted by Gasteiger charge is 2.25. The Balaban J connectivity index is 4.11.